The molecule has 1 aliphatic rings. The van der Waals surface area contributed by atoms with Crippen molar-refractivity contribution >= 4 is 17.3 Å². The van der Waals surface area contributed by atoms with Gasteiger partial charge in [0.15, 0.2) is 5.11 Å². The summed E-state index contributed by atoms with van der Waals surface area (Å²) in [6, 6.07) is 14.2. The van der Waals surface area contributed by atoms with Crippen LogP contribution in [-0.4, -0.2) is 37.8 Å². The average Bonchev–Trinajstić information content (AvgIpc) is 3.20. The molecule has 1 aromatic carbocycles. The van der Waals surface area contributed by atoms with Gasteiger partial charge in [-0.25, -0.2) is 4.39 Å². The number of benzene rings is 1. The topological polar surface area (TPSA) is 53.3 Å². The maximum absolute atomic E-state index is 13.4. The minimum Gasteiger partial charge on any atom is -0.395 e. The predicted octanol–water partition coefficient (Wildman–Crippen LogP) is 3.59. The lowest BCUT2D eigenvalue weighted by atomic mass is 9.97. The van der Waals surface area contributed by atoms with E-state index in [1.165, 1.54) is 12.1 Å². The van der Waals surface area contributed by atoms with E-state index in [1.54, 1.807) is 18.3 Å². The molecule has 1 aliphatic heterocycles. The third-order valence-electron chi connectivity index (χ3n) is 5.41. The van der Waals surface area contributed by atoms with Crippen molar-refractivity contribution in [2.75, 3.05) is 13.2 Å². The first kappa shape index (κ1) is 19.5. The number of aliphatic hydroxyl groups excluding tert-OH is 1. The quantitative estimate of drug-likeness (QED) is 0.630. The molecule has 2 atom stereocenters. The summed E-state index contributed by atoms with van der Waals surface area (Å²) in [6.45, 7) is 4.52. The van der Waals surface area contributed by atoms with Gasteiger partial charge in [0.05, 0.1) is 24.4 Å². The number of β-amino-alcohol motifs (C(OH)–C–C–N with tert-alkyl or cyclic N) is 1. The molecule has 1 fully saturated rings. The molecular formula is C22H23FN4OS. The second-order valence-electron chi connectivity index (χ2n) is 7.18. The monoisotopic (exact) mass is 410 g/mol. The van der Waals surface area contributed by atoms with Gasteiger partial charge in [0, 0.05) is 29.8 Å². The summed E-state index contributed by atoms with van der Waals surface area (Å²) >= 11 is 5.58. The number of thiocarbonyl (C=S) groups is 1. The number of hydrogen-bond acceptors (Lipinski definition) is 3. The van der Waals surface area contributed by atoms with Crippen LogP contribution < -0.4 is 5.32 Å². The Morgan fingerprint density at radius 3 is 2.59 bits per heavy atom. The van der Waals surface area contributed by atoms with E-state index in [0.29, 0.717) is 11.7 Å². The molecule has 29 heavy (non-hydrogen) atoms. The van der Waals surface area contributed by atoms with Crippen molar-refractivity contribution in [2.24, 2.45) is 0 Å². The van der Waals surface area contributed by atoms with E-state index in [9.17, 15) is 9.50 Å². The van der Waals surface area contributed by atoms with Gasteiger partial charge in [-0.3, -0.25) is 4.98 Å². The van der Waals surface area contributed by atoms with E-state index in [0.717, 1.165) is 28.3 Å². The highest BCUT2D eigenvalue weighted by Crippen LogP contribution is 2.41. The van der Waals surface area contributed by atoms with Crippen LogP contribution in [0.2, 0.25) is 0 Å². The van der Waals surface area contributed by atoms with Crippen LogP contribution in [0.25, 0.3) is 5.69 Å². The Bertz CT molecular complexity index is 1020. The number of hydrogen-bond donors (Lipinski definition) is 2. The zero-order valence-electron chi connectivity index (χ0n) is 16.3. The van der Waals surface area contributed by atoms with Gasteiger partial charge >= 0.3 is 0 Å². The predicted molar refractivity (Wildman–Crippen MR) is 114 cm³/mol. The average molecular weight is 411 g/mol. The molecule has 0 unspecified atom stereocenters. The fourth-order valence-electron chi connectivity index (χ4n) is 4.17. The Hall–Kier alpha value is -2.77. The molecule has 150 valence electrons. The van der Waals surface area contributed by atoms with Gasteiger partial charge in [-0.2, -0.15) is 0 Å². The van der Waals surface area contributed by atoms with Gasteiger partial charge in [0.25, 0.3) is 0 Å². The van der Waals surface area contributed by atoms with Gasteiger partial charge in [0.1, 0.15) is 5.82 Å². The van der Waals surface area contributed by atoms with Crippen LogP contribution in [0.3, 0.4) is 0 Å². The third kappa shape index (κ3) is 3.52. The Balaban J connectivity index is 1.82. The summed E-state index contributed by atoms with van der Waals surface area (Å²) in [5.74, 6) is -0.258. The second kappa shape index (κ2) is 7.93. The highest BCUT2D eigenvalue weighted by molar-refractivity contribution is 7.80. The number of nitrogens with zero attached hydrogens (tertiary/aromatic N) is 3. The minimum atomic E-state index is -0.258. The molecule has 0 amide bonds. The zero-order valence-corrected chi connectivity index (χ0v) is 17.2. The third-order valence-corrected chi connectivity index (χ3v) is 5.76. The number of rotatable bonds is 5. The van der Waals surface area contributed by atoms with Crippen LogP contribution >= 0.6 is 12.2 Å². The van der Waals surface area contributed by atoms with E-state index in [2.05, 4.69) is 27.9 Å². The Kier molecular flexibility index (Phi) is 5.34. The SMILES string of the molecule is Cc1cc([C@@H]2[C@@H](c3ccccn3)NC(=S)N2CCO)c(C)n1-c1ccc(F)cc1. The normalized spacial score (nSPS) is 18.9. The van der Waals surface area contributed by atoms with Gasteiger partial charge in [-0.1, -0.05) is 6.07 Å². The molecule has 2 N–H and O–H groups in total. The van der Waals surface area contributed by atoms with Crippen LogP contribution in [-0.2, 0) is 0 Å². The summed E-state index contributed by atoms with van der Waals surface area (Å²) in [7, 11) is 0. The number of aromatic nitrogens is 2. The largest absolute Gasteiger partial charge is 0.395 e. The lowest BCUT2D eigenvalue weighted by molar-refractivity contribution is 0.223. The van der Waals surface area contributed by atoms with Crippen LogP contribution in [0.15, 0.2) is 54.7 Å². The fraction of sp³-hybridized carbons (Fsp3) is 0.273. The molecule has 5 nitrogen and oxygen atoms in total. The minimum absolute atomic E-state index is 0.00393. The van der Waals surface area contributed by atoms with E-state index in [1.807, 2.05) is 30.0 Å². The molecule has 2 aromatic heterocycles. The Morgan fingerprint density at radius 1 is 1.17 bits per heavy atom. The van der Waals surface area contributed by atoms with Crippen LogP contribution in [0.4, 0.5) is 4.39 Å². The fourth-order valence-corrected chi connectivity index (χ4v) is 4.50. The molecule has 0 spiro atoms. The molecule has 7 heteroatoms. The van der Waals surface area contributed by atoms with Gasteiger partial charge in [-0.15, -0.1) is 0 Å². The summed E-state index contributed by atoms with van der Waals surface area (Å²) in [5, 5.41) is 13.6. The molecule has 0 aliphatic carbocycles. The van der Waals surface area contributed by atoms with Crippen molar-refractivity contribution in [1.29, 1.82) is 0 Å². The summed E-state index contributed by atoms with van der Waals surface area (Å²) < 4.78 is 15.5. The molecule has 1 saturated heterocycles. The summed E-state index contributed by atoms with van der Waals surface area (Å²) in [5.41, 5.74) is 5.00. The molecular weight excluding hydrogens is 387 g/mol. The standard InChI is InChI=1S/C22H23FN4OS/c1-14-13-18(15(2)27(14)17-8-6-16(23)7-9-17)21-20(19-5-3-4-10-24-19)25-22(29)26(21)11-12-28/h3-10,13,20-21,28H,11-12H2,1-2H3,(H,25,29)/t20-,21-/m1/s1. The smallest absolute Gasteiger partial charge is 0.170 e. The van der Waals surface area contributed by atoms with Crippen LogP contribution in [0.1, 0.15) is 34.7 Å². The van der Waals surface area contributed by atoms with E-state index >= 15 is 0 Å². The van der Waals surface area contributed by atoms with Crippen LogP contribution in [0, 0.1) is 19.7 Å². The molecule has 0 bridgehead atoms. The van der Waals surface area contributed by atoms with Crippen molar-refractivity contribution in [2.45, 2.75) is 25.9 Å². The second-order valence-corrected chi connectivity index (χ2v) is 7.57. The first-order chi connectivity index (χ1) is 14.0. The van der Waals surface area contributed by atoms with Gasteiger partial charge in [0.2, 0.25) is 0 Å². The van der Waals surface area contributed by atoms with E-state index in [-0.39, 0.29) is 24.5 Å². The molecule has 3 heterocycles. The maximum atomic E-state index is 13.4. The van der Waals surface area contributed by atoms with Crippen molar-refractivity contribution < 1.29 is 9.50 Å². The van der Waals surface area contributed by atoms with E-state index < -0.39 is 0 Å². The molecule has 4 rings (SSSR count). The van der Waals surface area contributed by atoms with Crippen LogP contribution in [0.5, 0.6) is 0 Å². The highest BCUT2D eigenvalue weighted by atomic mass is 32.1. The van der Waals surface area contributed by atoms with Crippen molar-refractivity contribution in [3.05, 3.63) is 83.2 Å². The molecule has 0 radical (unpaired) electrons. The lowest BCUT2D eigenvalue weighted by Crippen LogP contribution is -2.32. The maximum Gasteiger partial charge on any atom is 0.170 e. The van der Waals surface area contributed by atoms with Crippen molar-refractivity contribution in [3.63, 3.8) is 0 Å². The summed E-state index contributed by atoms with van der Waals surface area (Å²) in [6.07, 6.45) is 1.77. The van der Waals surface area contributed by atoms with Gasteiger partial charge < -0.3 is 19.9 Å². The number of halogens is 1. The Labute approximate surface area is 174 Å². The zero-order chi connectivity index (χ0) is 20.5. The van der Waals surface area contributed by atoms with Crippen molar-refractivity contribution in [3.8, 4) is 5.69 Å². The highest BCUT2D eigenvalue weighted by Gasteiger charge is 2.41. The molecule has 3 aromatic rings. The number of pyridine rings is 1. The van der Waals surface area contributed by atoms with Gasteiger partial charge in [-0.05, 0) is 74.1 Å². The number of aryl methyl sites for hydroxylation is 1. The number of nitrogens with one attached hydrogen (secondary N) is 1. The number of aliphatic hydroxyl groups is 1. The summed E-state index contributed by atoms with van der Waals surface area (Å²) in [4.78, 5) is 6.55. The Morgan fingerprint density at radius 2 is 1.93 bits per heavy atom. The lowest BCUT2D eigenvalue weighted by Gasteiger charge is -2.27. The van der Waals surface area contributed by atoms with E-state index in [4.69, 9.17) is 12.2 Å². The molecule has 0 saturated carbocycles. The first-order valence-corrected chi connectivity index (χ1v) is 9.95. The first-order valence-electron chi connectivity index (χ1n) is 9.55. The van der Waals surface area contributed by atoms with Crippen molar-refractivity contribution in [1.82, 2.24) is 19.8 Å².